The fourth-order valence-electron chi connectivity index (χ4n) is 1.96. The van der Waals surface area contributed by atoms with Gasteiger partial charge in [0.2, 0.25) is 0 Å². The number of nitrogens with zero attached hydrogens (tertiary/aromatic N) is 2. The van der Waals surface area contributed by atoms with Gasteiger partial charge in [0.05, 0.1) is 49.5 Å². The molecule has 1 unspecified atom stereocenters. The van der Waals surface area contributed by atoms with Gasteiger partial charge in [-0.1, -0.05) is 0 Å². The van der Waals surface area contributed by atoms with Crippen LogP contribution < -0.4 is 4.90 Å². The van der Waals surface area contributed by atoms with Gasteiger partial charge < -0.3 is 19.8 Å². The molecule has 0 spiro atoms. The van der Waals surface area contributed by atoms with Crippen LogP contribution >= 0.6 is 0 Å². The van der Waals surface area contributed by atoms with E-state index >= 15 is 0 Å². The Balaban J connectivity index is 2.15. The number of ether oxygens (including phenoxy) is 1. The molecule has 1 aliphatic heterocycles. The zero-order valence-corrected chi connectivity index (χ0v) is 9.91. The SMILES string of the molecule is C[C@H](O)c1ccc(N2CCOCC2CO)cn1. The average molecular weight is 238 g/mol. The molecule has 94 valence electrons. The molecule has 5 heteroatoms. The Kier molecular flexibility index (Phi) is 3.93. The third kappa shape index (κ3) is 2.74. The third-order valence-corrected chi connectivity index (χ3v) is 2.97. The van der Waals surface area contributed by atoms with Crippen LogP contribution in [0.15, 0.2) is 18.3 Å². The van der Waals surface area contributed by atoms with Crippen LogP contribution in [0.3, 0.4) is 0 Å². The van der Waals surface area contributed by atoms with Crippen molar-refractivity contribution in [3.8, 4) is 0 Å². The molecule has 1 saturated heterocycles. The first-order chi connectivity index (χ1) is 8.22. The second-order valence-corrected chi connectivity index (χ2v) is 4.22. The van der Waals surface area contributed by atoms with Gasteiger partial charge in [-0.25, -0.2) is 0 Å². The van der Waals surface area contributed by atoms with E-state index in [-0.39, 0.29) is 12.6 Å². The average Bonchev–Trinajstić information content (AvgIpc) is 2.39. The number of aliphatic hydroxyl groups is 2. The molecule has 0 radical (unpaired) electrons. The van der Waals surface area contributed by atoms with Gasteiger partial charge in [-0.05, 0) is 19.1 Å². The van der Waals surface area contributed by atoms with Gasteiger partial charge in [0.1, 0.15) is 0 Å². The highest BCUT2D eigenvalue weighted by atomic mass is 16.5. The van der Waals surface area contributed by atoms with Gasteiger partial charge in [-0.2, -0.15) is 0 Å². The number of pyridine rings is 1. The standard InChI is InChI=1S/C12H18N2O3/c1-9(16)12-3-2-10(6-13-12)14-4-5-17-8-11(14)7-15/h2-3,6,9,11,15-16H,4-5,7-8H2,1H3/t9-,11?/m0/s1. The summed E-state index contributed by atoms with van der Waals surface area (Å²) in [7, 11) is 0. The van der Waals surface area contributed by atoms with Gasteiger partial charge in [0.25, 0.3) is 0 Å². The maximum absolute atomic E-state index is 9.39. The first kappa shape index (κ1) is 12.3. The lowest BCUT2D eigenvalue weighted by molar-refractivity contribution is 0.0726. The monoisotopic (exact) mass is 238 g/mol. The minimum Gasteiger partial charge on any atom is -0.394 e. The number of hydrogen-bond acceptors (Lipinski definition) is 5. The maximum Gasteiger partial charge on any atom is 0.0931 e. The molecule has 0 aromatic carbocycles. The fourth-order valence-corrected chi connectivity index (χ4v) is 1.96. The Morgan fingerprint density at radius 3 is 3.00 bits per heavy atom. The van der Waals surface area contributed by atoms with Gasteiger partial charge in [0.15, 0.2) is 0 Å². The van der Waals surface area contributed by atoms with Crippen LogP contribution in [-0.4, -0.2) is 47.6 Å². The molecule has 0 aliphatic carbocycles. The molecule has 2 N–H and O–H groups in total. The Morgan fingerprint density at radius 2 is 2.41 bits per heavy atom. The summed E-state index contributed by atoms with van der Waals surface area (Å²) in [6.07, 6.45) is 1.18. The predicted molar refractivity (Wildman–Crippen MR) is 63.9 cm³/mol. The molecule has 5 nitrogen and oxygen atoms in total. The molecular formula is C12H18N2O3. The van der Waals surface area contributed by atoms with Gasteiger partial charge in [0, 0.05) is 6.54 Å². The molecule has 0 bridgehead atoms. The second-order valence-electron chi connectivity index (χ2n) is 4.22. The van der Waals surface area contributed by atoms with E-state index in [2.05, 4.69) is 9.88 Å². The number of aromatic nitrogens is 1. The van der Waals surface area contributed by atoms with Crippen LogP contribution in [0, 0.1) is 0 Å². The molecule has 0 amide bonds. The van der Waals surface area contributed by atoms with Crippen LogP contribution in [0.2, 0.25) is 0 Å². The first-order valence-electron chi connectivity index (χ1n) is 5.81. The van der Waals surface area contributed by atoms with Crippen molar-refractivity contribution >= 4 is 5.69 Å². The summed E-state index contributed by atoms with van der Waals surface area (Å²) in [6.45, 7) is 3.70. The zero-order chi connectivity index (χ0) is 12.3. The van der Waals surface area contributed by atoms with Crippen LogP contribution in [0.1, 0.15) is 18.7 Å². The summed E-state index contributed by atoms with van der Waals surface area (Å²) in [5, 5.41) is 18.7. The van der Waals surface area contributed by atoms with E-state index < -0.39 is 6.10 Å². The van der Waals surface area contributed by atoms with Crippen LogP contribution in [0.5, 0.6) is 0 Å². The number of hydrogen-bond donors (Lipinski definition) is 2. The summed E-state index contributed by atoms with van der Waals surface area (Å²) in [6, 6.07) is 3.72. The fraction of sp³-hybridized carbons (Fsp3) is 0.583. The first-order valence-corrected chi connectivity index (χ1v) is 5.81. The van der Waals surface area contributed by atoms with E-state index in [0.29, 0.717) is 18.9 Å². The molecule has 1 aliphatic rings. The smallest absolute Gasteiger partial charge is 0.0931 e. The molecule has 1 aromatic heterocycles. The van der Waals surface area contributed by atoms with Gasteiger partial charge in [-0.3, -0.25) is 4.98 Å². The summed E-state index contributed by atoms with van der Waals surface area (Å²) < 4.78 is 5.32. The molecule has 2 rings (SSSR count). The normalized spacial score (nSPS) is 22.5. The molecule has 17 heavy (non-hydrogen) atoms. The van der Waals surface area contributed by atoms with Gasteiger partial charge >= 0.3 is 0 Å². The quantitative estimate of drug-likeness (QED) is 0.794. The highest BCUT2D eigenvalue weighted by molar-refractivity contribution is 5.46. The lowest BCUT2D eigenvalue weighted by Gasteiger charge is -2.36. The van der Waals surface area contributed by atoms with Crippen LogP contribution in [0.25, 0.3) is 0 Å². The highest BCUT2D eigenvalue weighted by Gasteiger charge is 2.22. The van der Waals surface area contributed by atoms with Crippen molar-refractivity contribution in [3.05, 3.63) is 24.0 Å². The minimum absolute atomic E-state index is 0.0112. The van der Waals surface area contributed by atoms with Crippen LogP contribution in [0.4, 0.5) is 5.69 Å². The van der Waals surface area contributed by atoms with Crippen molar-refractivity contribution in [1.82, 2.24) is 4.98 Å². The number of anilines is 1. The molecule has 1 fully saturated rings. The van der Waals surface area contributed by atoms with E-state index in [9.17, 15) is 10.2 Å². The van der Waals surface area contributed by atoms with Crippen molar-refractivity contribution in [3.63, 3.8) is 0 Å². The molecule has 2 heterocycles. The Morgan fingerprint density at radius 1 is 1.59 bits per heavy atom. The Labute approximate surface area is 101 Å². The van der Waals surface area contributed by atoms with E-state index in [4.69, 9.17) is 4.74 Å². The number of rotatable bonds is 3. The van der Waals surface area contributed by atoms with E-state index in [0.717, 1.165) is 12.2 Å². The third-order valence-electron chi connectivity index (χ3n) is 2.97. The number of aliphatic hydroxyl groups excluding tert-OH is 2. The second kappa shape index (κ2) is 5.44. The lowest BCUT2D eigenvalue weighted by Crippen LogP contribution is -2.47. The predicted octanol–water partition coefficient (Wildman–Crippen LogP) is 0.332. The molecule has 2 atom stereocenters. The summed E-state index contributed by atoms with van der Waals surface area (Å²) in [5.41, 5.74) is 1.61. The van der Waals surface area contributed by atoms with Crippen molar-refractivity contribution in [2.45, 2.75) is 19.1 Å². The molecule has 1 aromatic rings. The van der Waals surface area contributed by atoms with Crippen molar-refractivity contribution < 1.29 is 14.9 Å². The van der Waals surface area contributed by atoms with Crippen molar-refractivity contribution in [2.75, 3.05) is 31.3 Å². The van der Waals surface area contributed by atoms with E-state index in [1.54, 1.807) is 13.1 Å². The van der Waals surface area contributed by atoms with Crippen molar-refractivity contribution in [1.29, 1.82) is 0 Å². The Hall–Kier alpha value is -1.17. The molecule has 0 saturated carbocycles. The van der Waals surface area contributed by atoms with E-state index in [1.807, 2.05) is 12.1 Å². The maximum atomic E-state index is 9.39. The largest absolute Gasteiger partial charge is 0.394 e. The summed E-state index contributed by atoms with van der Waals surface area (Å²) >= 11 is 0. The minimum atomic E-state index is -0.553. The number of morpholine rings is 1. The highest BCUT2D eigenvalue weighted by Crippen LogP contribution is 2.20. The molecular weight excluding hydrogens is 220 g/mol. The lowest BCUT2D eigenvalue weighted by atomic mass is 10.2. The van der Waals surface area contributed by atoms with Gasteiger partial charge in [-0.15, -0.1) is 0 Å². The van der Waals surface area contributed by atoms with Crippen LogP contribution in [-0.2, 0) is 4.74 Å². The van der Waals surface area contributed by atoms with Crippen molar-refractivity contribution in [2.24, 2.45) is 0 Å². The summed E-state index contributed by atoms with van der Waals surface area (Å²) in [4.78, 5) is 6.29. The topological polar surface area (TPSA) is 65.8 Å². The zero-order valence-electron chi connectivity index (χ0n) is 9.91. The summed E-state index contributed by atoms with van der Waals surface area (Å²) in [5.74, 6) is 0. The van der Waals surface area contributed by atoms with E-state index in [1.165, 1.54) is 0 Å². The Bertz CT molecular complexity index is 353.